The summed E-state index contributed by atoms with van der Waals surface area (Å²) in [6, 6.07) is 0. The van der Waals surface area contributed by atoms with E-state index in [0.717, 1.165) is 25.5 Å². The summed E-state index contributed by atoms with van der Waals surface area (Å²) < 4.78 is 0. The SMILES string of the molecule is O=CCCN1C(=O)C2CCCC2C1=O. The minimum absolute atomic E-state index is 0.0562. The molecule has 2 atom stereocenters. The van der Waals surface area contributed by atoms with Crippen LogP contribution in [0.25, 0.3) is 0 Å². The van der Waals surface area contributed by atoms with E-state index in [1.54, 1.807) is 0 Å². The zero-order chi connectivity index (χ0) is 10.1. The van der Waals surface area contributed by atoms with Crippen molar-refractivity contribution in [1.82, 2.24) is 4.90 Å². The molecule has 4 nitrogen and oxygen atoms in total. The average Bonchev–Trinajstić information content (AvgIpc) is 2.72. The van der Waals surface area contributed by atoms with E-state index in [2.05, 4.69) is 0 Å². The lowest BCUT2D eigenvalue weighted by Gasteiger charge is -2.13. The second kappa shape index (κ2) is 3.52. The third-order valence-electron chi connectivity index (χ3n) is 3.15. The Morgan fingerprint density at radius 2 is 1.79 bits per heavy atom. The Labute approximate surface area is 82.3 Å². The van der Waals surface area contributed by atoms with Gasteiger partial charge in [0.1, 0.15) is 6.29 Å². The number of rotatable bonds is 3. The predicted octanol–water partition coefficient (Wildman–Crippen LogP) is 0.360. The minimum atomic E-state index is -0.0749. The van der Waals surface area contributed by atoms with Gasteiger partial charge in [0.2, 0.25) is 11.8 Å². The van der Waals surface area contributed by atoms with Crippen molar-refractivity contribution in [2.24, 2.45) is 11.8 Å². The van der Waals surface area contributed by atoms with E-state index in [1.807, 2.05) is 0 Å². The molecule has 0 spiro atoms. The molecule has 1 saturated heterocycles. The van der Waals surface area contributed by atoms with Crippen LogP contribution >= 0.6 is 0 Å². The molecule has 76 valence electrons. The zero-order valence-electron chi connectivity index (χ0n) is 7.94. The first kappa shape index (κ1) is 9.37. The van der Waals surface area contributed by atoms with Crippen LogP contribution in [0.15, 0.2) is 0 Å². The predicted molar refractivity (Wildman–Crippen MR) is 48.2 cm³/mol. The van der Waals surface area contributed by atoms with Gasteiger partial charge < -0.3 is 4.79 Å². The van der Waals surface area contributed by atoms with Gasteiger partial charge in [0.25, 0.3) is 0 Å². The van der Waals surface area contributed by atoms with Gasteiger partial charge in [-0.2, -0.15) is 0 Å². The second-order valence-corrected chi connectivity index (χ2v) is 3.93. The molecule has 0 aromatic carbocycles. The van der Waals surface area contributed by atoms with Crippen LogP contribution in [-0.2, 0) is 14.4 Å². The van der Waals surface area contributed by atoms with Crippen LogP contribution in [0.3, 0.4) is 0 Å². The van der Waals surface area contributed by atoms with Crippen molar-refractivity contribution in [2.45, 2.75) is 25.7 Å². The lowest BCUT2D eigenvalue weighted by molar-refractivity contribution is -0.140. The number of carbonyl (C=O) groups is 3. The highest BCUT2D eigenvalue weighted by Crippen LogP contribution is 2.39. The summed E-state index contributed by atoms with van der Waals surface area (Å²) in [6.45, 7) is 0.272. The standard InChI is InChI=1S/C10H13NO3/c12-6-2-5-11-9(13)7-3-1-4-8(7)10(11)14/h6-8H,1-5H2. The molecule has 2 aliphatic rings. The molecule has 0 radical (unpaired) electrons. The third kappa shape index (κ3) is 1.25. The van der Waals surface area contributed by atoms with Crippen molar-refractivity contribution in [3.8, 4) is 0 Å². The summed E-state index contributed by atoms with van der Waals surface area (Å²) in [5.41, 5.74) is 0. The van der Waals surface area contributed by atoms with Gasteiger partial charge in [-0.15, -0.1) is 0 Å². The monoisotopic (exact) mass is 195 g/mol. The Kier molecular flexibility index (Phi) is 2.35. The molecule has 1 heterocycles. The lowest BCUT2D eigenvalue weighted by Crippen LogP contribution is -2.32. The van der Waals surface area contributed by atoms with E-state index in [-0.39, 0.29) is 36.6 Å². The largest absolute Gasteiger partial charge is 0.303 e. The highest BCUT2D eigenvalue weighted by molar-refractivity contribution is 6.05. The Balaban J connectivity index is 2.09. The average molecular weight is 195 g/mol. The van der Waals surface area contributed by atoms with Gasteiger partial charge in [-0.1, -0.05) is 6.42 Å². The van der Waals surface area contributed by atoms with Crippen molar-refractivity contribution in [3.05, 3.63) is 0 Å². The summed E-state index contributed by atoms with van der Waals surface area (Å²) in [5, 5.41) is 0. The number of imide groups is 1. The molecule has 2 rings (SSSR count). The molecule has 0 aromatic heterocycles. The van der Waals surface area contributed by atoms with Crippen LogP contribution in [-0.4, -0.2) is 29.5 Å². The molecule has 0 bridgehead atoms. The van der Waals surface area contributed by atoms with E-state index >= 15 is 0 Å². The van der Waals surface area contributed by atoms with E-state index in [9.17, 15) is 14.4 Å². The van der Waals surface area contributed by atoms with Crippen LogP contribution < -0.4 is 0 Å². The number of fused-ring (bicyclic) bond motifs is 1. The number of hydrogen-bond donors (Lipinski definition) is 0. The summed E-state index contributed by atoms with van der Waals surface area (Å²) in [5.74, 6) is -0.262. The topological polar surface area (TPSA) is 54.5 Å². The van der Waals surface area contributed by atoms with E-state index in [4.69, 9.17) is 0 Å². The molecule has 4 heteroatoms. The number of aldehydes is 1. The number of nitrogens with zero attached hydrogens (tertiary/aromatic N) is 1. The van der Waals surface area contributed by atoms with Crippen LogP contribution in [0.4, 0.5) is 0 Å². The first-order valence-electron chi connectivity index (χ1n) is 5.04. The maximum Gasteiger partial charge on any atom is 0.233 e. The highest BCUT2D eigenvalue weighted by atomic mass is 16.2. The first-order valence-corrected chi connectivity index (χ1v) is 5.04. The quantitative estimate of drug-likeness (QED) is 0.482. The van der Waals surface area contributed by atoms with Gasteiger partial charge >= 0.3 is 0 Å². The first-order chi connectivity index (χ1) is 6.75. The third-order valence-corrected chi connectivity index (χ3v) is 3.15. The summed E-state index contributed by atoms with van der Waals surface area (Å²) in [6.07, 6.45) is 3.67. The van der Waals surface area contributed by atoms with Gasteiger partial charge in [-0.3, -0.25) is 14.5 Å². The van der Waals surface area contributed by atoms with Gasteiger partial charge in [0, 0.05) is 13.0 Å². The summed E-state index contributed by atoms with van der Waals surface area (Å²) >= 11 is 0. The van der Waals surface area contributed by atoms with Gasteiger partial charge in [0.15, 0.2) is 0 Å². The smallest absolute Gasteiger partial charge is 0.233 e. The Bertz CT molecular complexity index is 265. The molecule has 1 aliphatic carbocycles. The Morgan fingerprint density at radius 1 is 1.21 bits per heavy atom. The van der Waals surface area contributed by atoms with Gasteiger partial charge in [-0.25, -0.2) is 0 Å². The molecule has 2 unspecified atom stereocenters. The molecule has 0 N–H and O–H groups in total. The maximum absolute atomic E-state index is 11.7. The van der Waals surface area contributed by atoms with Crippen LogP contribution in [0.2, 0.25) is 0 Å². The minimum Gasteiger partial charge on any atom is -0.303 e. The van der Waals surface area contributed by atoms with Crippen molar-refractivity contribution < 1.29 is 14.4 Å². The summed E-state index contributed by atoms with van der Waals surface area (Å²) in [7, 11) is 0. The lowest BCUT2D eigenvalue weighted by atomic mass is 10.00. The van der Waals surface area contributed by atoms with Crippen molar-refractivity contribution >= 4 is 18.1 Å². The normalized spacial score (nSPS) is 31.0. The maximum atomic E-state index is 11.7. The number of amides is 2. The molecule has 2 fully saturated rings. The zero-order valence-corrected chi connectivity index (χ0v) is 7.94. The molecule has 2 amide bonds. The fourth-order valence-electron chi connectivity index (χ4n) is 2.46. The molecular weight excluding hydrogens is 182 g/mol. The second-order valence-electron chi connectivity index (χ2n) is 3.93. The molecule has 1 saturated carbocycles. The number of likely N-dealkylation sites (tertiary alicyclic amines) is 1. The molecule has 0 aromatic rings. The fraction of sp³-hybridized carbons (Fsp3) is 0.700. The van der Waals surface area contributed by atoms with Crippen molar-refractivity contribution in [3.63, 3.8) is 0 Å². The molecule has 14 heavy (non-hydrogen) atoms. The van der Waals surface area contributed by atoms with Crippen molar-refractivity contribution in [1.29, 1.82) is 0 Å². The van der Waals surface area contributed by atoms with Crippen LogP contribution in [0.1, 0.15) is 25.7 Å². The van der Waals surface area contributed by atoms with E-state index in [0.29, 0.717) is 0 Å². The van der Waals surface area contributed by atoms with E-state index < -0.39 is 0 Å². The van der Waals surface area contributed by atoms with Gasteiger partial charge in [0.05, 0.1) is 11.8 Å². The summed E-state index contributed by atoms with van der Waals surface area (Å²) in [4.78, 5) is 34.8. The van der Waals surface area contributed by atoms with E-state index in [1.165, 1.54) is 4.90 Å². The van der Waals surface area contributed by atoms with Gasteiger partial charge in [-0.05, 0) is 12.8 Å². The fourth-order valence-corrected chi connectivity index (χ4v) is 2.46. The van der Waals surface area contributed by atoms with Crippen LogP contribution in [0.5, 0.6) is 0 Å². The number of hydrogen-bond acceptors (Lipinski definition) is 3. The Morgan fingerprint density at radius 3 is 2.29 bits per heavy atom. The molecule has 1 aliphatic heterocycles. The molecular formula is C10H13NO3. The Hall–Kier alpha value is -1.19. The van der Waals surface area contributed by atoms with Crippen LogP contribution in [0, 0.1) is 11.8 Å². The highest BCUT2D eigenvalue weighted by Gasteiger charge is 2.49. The number of carbonyl (C=O) groups excluding carboxylic acids is 3. The van der Waals surface area contributed by atoms with Crippen molar-refractivity contribution in [2.75, 3.05) is 6.54 Å².